The number of amides is 3. The van der Waals surface area contributed by atoms with Crippen LogP contribution in [0.25, 0.3) is 0 Å². The number of likely N-dealkylation sites (N-methyl/N-ethyl adjacent to an activating group) is 1. The third kappa shape index (κ3) is 6.42. The van der Waals surface area contributed by atoms with E-state index in [0.717, 1.165) is 12.1 Å². The summed E-state index contributed by atoms with van der Waals surface area (Å²) in [5.41, 5.74) is -0.0869. The zero-order chi connectivity index (χ0) is 28.4. The first-order valence-electron chi connectivity index (χ1n) is 11.6. The fourth-order valence-corrected chi connectivity index (χ4v) is 5.15. The SMILES string of the molecule is Cc1ccccc1S(=O)(=O)NC(=O)NC(Cc1cccc(C(F)(F)F)c1)C(=O)N(C)c1ccc2c(c1)OCO2. The van der Waals surface area contributed by atoms with Gasteiger partial charge >= 0.3 is 12.2 Å². The zero-order valence-electron chi connectivity index (χ0n) is 20.8. The Morgan fingerprint density at radius 1 is 1.00 bits per heavy atom. The second-order valence-electron chi connectivity index (χ2n) is 8.73. The molecule has 13 heteroatoms. The van der Waals surface area contributed by atoms with Crippen LogP contribution in [-0.4, -0.2) is 40.2 Å². The number of ether oxygens (including phenoxy) is 2. The number of benzene rings is 3. The molecule has 2 N–H and O–H groups in total. The number of rotatable bonds is 7. The van der Waals surface area contributed by atoms with Gasteiger partial charge in [0.2, 0.25) is 12.7 Å². The van der Waals surface area contributed by atoms with Crippen LogP contribution in [-0.2, 0) is 27.4 Å². The Morgan fingerprint density at radius 3 is 2.44 bits per heavy atom. The quantitative estimate of drug-likeness (QED) is 0.449. The molecule has 0 saturated heterocycles. The van der Waals surface area contributed by atoms with Gasteiger partial charge in [-0.05, 0) is 42.3 Å². The highest BCUT2D eigenvalue weighted by Crippen LogP contribution is 2.35. The number of fused-ring (bicyclic) bond motifs is 1. The molecule has 3 aromatic rings. The predicted octanol–water partition coefficient (Wildman–Crippen LogP) is 4.00. The van der Waals surface area contributed by atoms with E-state index in [2.05, 4.69) is 5.32 Å². The van der Waals surface area contributed by atoms with E-state index in [-0.39, 0.29) is 23.7 Å². The topological polar surface area (TPSA) is 114 Å². The Kier molecular flexibility index (Phi) is 7.72. The van der Waals surface area contributed by atoms with Crippen molar-refractivity contribution in [2.24, 2.45) is 0 Å². The maximum absolute atomic E-state index is 13.5. The molecule has 1 unspecified atom stereocenters. The van der Waals surface area contributed by atoms with Crippen molar-refractivity contribution in [3.63, 3.8) is 0 Å². The van der Waals surface area contributed by atoms with Gasteiger partial charge in [-0.3, -0.25) is 4.79 Å². The molecule has 39 heavy (non-hydrogen) atoms. The molecule has 0 aliphatic carbocycles. The van der Waals surface area contributed by atoms with E-state index in [1.807, 2.05) is 4.72 Å². The summed E-state index contributed by atoms with van der Waals surface area (Å²) in [6.07, 6.45) is -4.97. The molecule has 1 heterocycles. The lowest BCUT2D eigenvalue weighted by Crippen LogP contribution is -2.52. The first kappa shape index (κ1) is 27.8. The van der Waals surface area contributed by atoms with Crippen molar-refractivity contribution < 1.29 is 40.7 Å². The molecule has 0 radical (unpaired) electrons. The number of anilines is 1. The Morgan fingerprint density at radius 2 is 1.72 bits per heavy atom. The predicted molar refractivity (Wildman–Crippen MR) is 135 cm³/mol. The molecular formula is C26H24F3N3O6S. The van der Waals surface area contributed by atoms with Crippen molar-refractivity contribution in [1.29, 1.82) is 0 Å². The summed E-state index contributed by atoms with van der Waals surface area (Å²) in [6, 6.07) is 12.3. The summed E-state index contributed by atoms with van der Waals surface area (Å²) in [5.74, 6) is 0.144. The lowest BCUT2D eigenvalue weighted by Gasteiger charge is -2.25. The van der Waals surface area contributed by atoms with Gasteiger partial charge in [0.1, 0.15) is 6.04 Å². The summed E-state index contributed by atoms with van der Waals surface area (Å²) >= 11 is 0. The molecule has 0 bridgehead atoms. The van der Waals surface area contributed by atoms with E-state index in [4.69, 9.17) is 9.47 Å². The minimum Gasteiger partial charge on any atom is -0.454 e. The van der Waals surface area contributed by atoms with Gasteiger partial charge in [0.25, 0.3) is 10.0 Å². The van der Waals surface area contributed by atoms with Crippen molar-refractivity contribution in [2.45, 2.75) is 30.5 Å². The molecular weight excluding hydrogens is 539 g/mol. The van der Waals surface area contributed by atoms with E-state index in [1.54, 1.807) is 31.2 Å². The van der Waals surface area contributed by atoms with E-state index in [0.29, 0.717) is 22.7 Å². The molecule has 9 nitrogen and oxygen atoms in total. The van der Waals surface area contributed by atoms with Crippen LogP contribution >= 0.6 is 0 Å². The number of alkyl halides is 3. The normalized spacial score (nSPS) is 13.5. The Bertz CT molecular complexity index is 1510. The molecule has 1 atom stereocenters. The molecule has 206 valence electrons. The van der Waals surface area contributed by atoms with Crippen LogP contribution < -0.4 is 24.4 Å². The highest BCUT2D eigenvalue weighted by Gasteiger charge is 2.32. The Labute approximate surface area is 222 Å². The average Bonchev–Trinajstić information content (AvgIpc) is 3.35. The molecule has 1 aliphatic heterocycles. The highest BCUT2D eigenvalue weighted by atomic mass is 32.2. The molecule has 0 fully saturated rings. The number of nitrogens with zero attached hydrogens (tertiary/aromatic N) is 1. The largest absolute Gasteiger partial charge is 0.454 e. The number of hydrogen-bond donors (Lipinski definition) is 2. The van der Waals surface area contributed by atoms with Crippen LogP contribution in [0, 0.1) is 6.92 Å². The summed E-state index contributed by atoms with van der Waals surface area (Å²) in [5, 5.41) is 2.31. The van der Waals surface area contributed by atoms with E-state index in [1.165, 1.54) is 42.3 Å². The molecule has 4 rings (SSSR count). The number of hydrogen-bond acceptors (Lipinski definition) is 6. The van der Waals surface area contributed by atoms with Crippen LogP contribution in [0.1, 0.15) is 16.7 Å². The number of urea groups is 1. The third-order valence-corrected chi connectivity index (χ3v) is 7.47. The lowest BCUT2D eigenvalue weighted by atomic mass is 10.0. The van der Waals surface area contributed by atoms with Crippen molar-refractivity contribution in [2.75, 3.05) is 18.7 Å². The first-order valence-corrected chi connectivity index (χ1v) is 13.1. The number of carbonyl (C=O) groups excluding carboxylic acids is 2. The van der Waals surface area contributed by atoms with Gasteiger partial charge in [-0.1, -0.05) is 36.4 Å². The van der Waals surface area contributed by atoms with Gasteiger partial charge in [0, 0.05) is 25.2 Å². The summed E-state index contributed by atoms with van der Waals surface area (Å²) < 4.78 is 77.8. The van der Waals surface area contributed by atoms with Gasteiger partial charge in [-0.15, -0.1) is 0 Å². The van der Waals surface area contributed by atoms with Crippen molar-refractivity contribution in [1.82, 2.24) is 10.0 Å². The Hall–Kier alpha value is -4.26. The van der Waals surface area contributed by atoms with E-state index >= 15 is 0 Å². The van der Waals surface area contributed by atoms with Gasteiger partial charge in [0.15, 0.2) is 11.5 Å². The first-order chi connectivity index (χ1) is 18.3. The smallest absolute Gasteiger partial charge is 0.416 e. The lowest BCUT2D eigenvalue weighted by molar-refractivity contribution is -0.137. The van der Waals surface area contributed by atoms with Crippen LogP contribution in [0.15, 0.2) is 71.6 Å². The van der Waals surface area contributed by atoms with Crippen molar-refractivity contribution >= 4 is 27.6 Å². The number of aryl methyl sites for hydroxylation is 1. The molecule has 0 saturated carbocycles. The van der Waals surface area contributed by atoms with Gasteiger partial charge in [0.05, 0.1) is 10.5 Å². The van der Waals surface area contributed by atoms with Gasteiger partial charge in [-0.2, -0.15) is 13.2 Å². The van der Waals surface area contributed by atoms with Crippen LogP contribution in [0.4, 0.5) is 23.7 Å². The number of carbonyl (C=O) groups is 2. The number of sulfonamides is 1. The maximum Gasteiger partial charge on any atom is 0.416 e. The standard InChI is InChI=1S/C26H24F3N3O6S/c1-16-6-3-4-9-23(16)39(35,36)31-25(34)30-20(13-17-7-5-8-18(12-17)26(27,28)29)24(33)32(2)19-10-11-21-22(14-19)38-15-37-21/h3-12,14,20H,13,15H2,1-2H3,(H2,30,31,34). The summed E-state index contributed by atoms with van der Waals surface area (Å²) in [7, 11) is -2.90. The maximum atomic E-state index is 13.5. The average molecular weight is 564 g/mol. The molecule has 0 spiro atoms. The minimum atomic E-state index is -4.62. The van der Waals surface area contributed by atoms with Gasteiger partial charge in [-0.25, -0.2) is 17.9 Å². The van der Waals surface area contributed by atoms with Crippen molar-refractivity contribution in [3.8, 4) is 11.5 Å². The second kappa shape index (κ2) is 10.8. The third-order valence-electron chi connectivity index (χ3n) is 5.98. The monoisotopic (exact) mass is 563 g/mol. The summed E-state index contributed by atoms with van der Waals surface area (Å²) in [6.45, 7) is 1.55. The van der Waals surface area contributed by atoms with Crippen LogP contribution in [0.3, 0.4) is 0 Å². The summed E-state index contributed by atoms with van der Waals surface area (Å²) in [4.78, 5) is 27.3. The van der Waals surface area contributed by atoms with Gasteiger partial charge < -0.3 is 19.7 Å². The second-order valence-corrected chi connectivity index (χ2v) is 10.4. The zero-order valence-corrected chi connectivity index (χ0v) is 21.6. The minimum absolute atomic E-state index is 0.00566. The number of halogens is 3. The van der Waals surface area contributed by atoms with E-state index < -0.39 is 39.7 Å². The fraction of sp³-hybridized carbons (Fsp3) is 0.231. The van der Waals surface area contributed by atoms with Crippen LogP contribution in [0.5, 0.6) is 11.5 Å². The van der Waals surface area contributed by atoms with Crippen LogP contribution in [0.2, 0.25) is 0 Å². The fourth-order valence-electron chi connectivity index (χ4n) is 3.99. The molecule has 0 aromatic heterocycles. The highest BCUT2D eigenvalue weighted by molar-refractivity contribution is 7.90. The molecule has 1 aliphatic rings. The molecule has 3 aromatic carbocycles. The van der Waals surface area contributed by atoms with E-state index in [9.17, 15) is 31.2 Å². The number of nitrogens with one attached hydrogen (secondary N) is 2. The molecule has 3 amide bonds. The Balaban J connectivity index is 1.60. The van der Waals surface area contributed by atoms with Crippen molar-refractivity contribution in [3.05, 3.63) is 83.4 Å².